The average Bonchev–Trinajstić information content (AvgIpc) is 3.23. The Morgan fingerprint density at radius 2 is 1.73 bits per heavy atom. The number of benzene rings is 1. The summed E-state index contributed by atoms with van der Waals surface area (Å²) in [5, 5.41) is 11.0. The van der Waals surface area contributed by atoms with Gasteiger partial charge in [-0.15, -0.1) is 0 Å². The van der Waals surface area contributed by atoms with E-state index in [1.807, 2.05) is 0 Å². The molecule has 0 radical (unpaired) electrons. The highest BCUT2D eigenvalue weighted by Gasteiger charge is 2.30. The lowest BCUT2D eigenvalue weighted by atomic mass is 10.3. The van der Waals surface area contributed by atoms with Crippen molar-refractivity contribution in [3.8, 4) is 0 Å². The number of hydrogen-bond donors (Lipinski definition) is 0. The molecular formula is C17H16ClN3O8S. The van der Waals surface area contributed by atoms with Crippen LogP contribution in [-0.4, -0.2) is 67.2 Å². The minimum Gasteiger partial charge on any atom is -0.450 e. The lowest BCUT2D eigenvalue weighted by Gasteiger charge is -2.33. The molecule has 1 amide bonds. The number of ether oxygens (including phenoxy) is 1. The summed E-state index contributed by atoms with van der Waals surface area (Å²) in [6.45, 7) is -0.202. The molecule has 0 unspecified atom stereocenters. The molecular weight excluding hydrogens is 442 g/mol. The fourth-order valence-electron chi connectivity index (χ4n) is 2.76. The predicted octanol–water partition coefficient (Wildman–Crippen LogP) is 1.53. The van der Waals surface area contributed by atoms with E-state index in [9.17, 15) is 28.1 Å². The van der Waals surface area contributed by atoms with E-state index in [1.165, 1.54) is 33.5 Å². The molecule has 2 heterocycles. The van der Waals surface area contributed by atoms with Crippen molar-refractivity contribution in [3.05, 3.63) is 57.3 Å². The van der Waals surface area contributed by atoms with Crippen LogP contribution in [0.3, 0.4) is 0 Å². The first kappa shape index (κ1) is 21.7. The molecule has 160 valence electrons. The monoisotopic (exact) mass is 457 g/mol. The van der Waals surface area contributed by atoms with E-state index in [0.717, 1.165) is 12.1 Å². The zero-order chi connectivity index (χ0) is 21.9. The van der Waals surface area contributed by atoms with Gasteiger partial charge in [-0.2, -0.15) is 4.31 Å². The van der Waals surface area contributed by atoms with Gasteiger partial charge in [-0.05, 0) is 30.3 Å². The van der Waals surface area contributed by atoms with Gasteiger partial charge in [0.1, 0.15) is 4.92 Å². The first-order valence-corrected chi connectivity index (χ1v) is 10.4. The Hall–Kier alpha value is -2.96. The maximum absolute atomic E-state index is 12.6. The van der Waals surface area contributed by atoms with Crippen LogP contribution in [0.25, 0.3) is 0 Å². The second-order valence-electron chi connectivity index (χ2n) is 6.21. The summed E-state index contributed by atoms with van der Waals surface area (Å²) in [5.74, 6) is -2.55. The smallest absolute Gasteiger partial charge is 0.433 e. The Labute approximate surface area is 176 Å². The van der Waals surface area contributed by atoms with Gasteiger partial charge in [0, 0.05) is 31.2 Å². The lowest BCUT2D eigenvalue weighted by molar-refractivity contribution is -0.402. The third-order valence-electron chi connectivity index (χ3n) is 4.34. The SMILES string of the molecule is O=C(OCC(=O)N1CCN(S(=O)(=O)c2ccc(Cl)cc2)CC1)c1ccc([N+](=O)[O-])o1. The van der Waals surface area contributed by atoms with Crippen LogP contribution in [0.4, 0.5) is 5.88 Å². The molecule has 3 rings (SSSR count). The minimum atomic E-state index is -3.71. The van der Waals surface area contributed by atoms with Gasteiger partial charge >= 0.3 is 11.9 Å². The van der Waals surface area contributed by atoms with E-state index in [1.54, 1.807) is 0 Å². The number of sulfonamides is 1. The number of nitrogens with zero attached hydrogens (tertiary/aromatic N) is 3. The van der Waals surface area contributed by atoms with Crippen LogP contribution in [0.1, 0.15) is 10.6 Å². The van der Waals surface area contributed by atoms with Crippen LogP contribution in [0.2, 0.25) is 5.02 Å². The Morgan fingerprint density at radius 1 is 1.10 bits per heavy atom. The zero-order valence-electron chi connectivity index (χ0n) is 15.4. The minimum absolute atomic E-state index is 0.0784. The van der Waals surface area contributed by atoms with Crippen molar-refractivity contribution in [3.63, 3.8) is 0 Å². The van der Waals surface area contributed by atoms with Crippen molar-refractivity contribution >= 4 is 39.4 Å². The fourth-order valence-corrected chi connectivity index (χ4v) is 4.31. The molecule has 11 nitrogen and oxygen atoms in total. The summed E-state index contributed by atoms with van der Waals surface area (Å²) in [6.07, 6.45) is 0. The third-order valence-corrected chi connectivity index (χ3v) is 6.51. The average molecular weight is 458 g/mol. The highest BCUT2D eigenvalue weighted by molar-refractivity contribution is 7.89. The first-order chi connectivity index (χ1) is 14.2. The molecule has 1 aliphatic heterocycles. The molecule has 1 fully saturated rings. The lowest BCUT2D eigenvalue weighted by Crippen LogP contribution is -2.51. The van der Waals surface area contributed by atoms with E-state index < -0.39 is 45.1 Å². The third kappa shape index (κ3) is 4.78. The van der Waals surface area contributed by atoms with Crippen molar-refractivity contribution in [2.24, 2.45) is 0 Å². The van der Waals surface area contributed by atoms with Gasteiger partial charge in [-0.25, -0.2) is 13.2 Å². The number of nitro groups is 1. The van der Waals surface area contributed by atoms with Crippen molar-refractivity contribution in [1.82, 2.24) is 9.21 Å². The van der Waals surface area contributed by atoms with Crippen LogP contribution in [-0.2, 0) is 19.6 Å². The summed E-state index contributed by atoms with van der Waals surface area (Å²) < 4.78 is 36.1. The van der Waals surface area contributed by atoms with Gasteiger partial charge in [0.15, 0.2) is 6.61 Å². The molecule has 1 aromatic heterocycles. The molecule has 13 heteroatoms. The molecule has 0 spiro atoms. The molecule has 1 saturated heterocycles. The molecule has 2 aromatic rings. The second kappa shape index (κ2) is 8.81. The first-order valence-electron chi connectivity index (χ1n) is 8.63. The number of halogens is 1. The Bertz CT molecular complexity index is 1060. The Morgan fingerprint density at radius 3 is 2.30 bits per heavy atom. The number of rotatable bonds is 6. The summed E-state index contributed by atoms with van der Waals surface area (Å²) >= 11 is 5.78. The molecule has 1 aliphatic rings. The van der Waals surface area contributed by atoms with Crippen molar-refractivity contribution in [2.45, 2.75) is 4.90 Å². The zero-order valence-corrected chi connectivity index (χ0v) is 17.0. The van der Waals surface area contributed by atoms with E-state index in [4.69, 9.17) is 20.8 Å². The Balaban J connectivity index is 1.51. The van der Waals surface area contributed by atoms with Crippen LogP contribution in [0, 0.1) is 10.1 Å². The van der Waals surface area contributed by atoms with Crippen molar-refractivity contribution in [2.75, 3.05) is 32.8 Å². The molecule has 0 aliphatic carbocycles. The summed E-state index contributed by atoms with van der Waals surface area (Å²) in [6, 6.07) is 7.86. The van der Waals surface area contributed by atoms with E-state index >= 15 is 0 Å². The van der Waals surface area contributed by atoms with Crippen molar-refractivity contribution in [1.29, 1.82) is 0 Å². The van der Waals surface area contributed by atoms with Gasteiger partial charge in [0.2, 0.25) is 15.8 Å². The van der Waals surface area contributed by atoms with Gasteiger partial charge in [0.25, 0.3) is 5.91 Å². The number of carbonyl (C=O) groups is 2. The van der Waals surface area contributed by atoms with E-state index in [-0.39, 0.29) is 31.1 Å². The van der Waals surface area contributed by atoms with Gasteiger partial charge in [0.05, 0.1) is 11.0 Å². The van der Waals surface area contributed by atoms with E-state index in [0.29, 0.717) is 5.02 Å². The number of piperazine rings is 1. The molecule has 0 atom stereocenters. The molecule has 0 N–H and O–H groups in total. The number of furan rings is 1. The van der Waals surface area contributed by atoms with Gasteiger partial charge < -0.3 is 14.1 Å². The highest BCUT2D eigenvalue weighted by atomic mass is 35.5. The van der Waals surface area contributed by atoms with Gasteiger partial charge in [-0.3, -0.25) is 14.9 Å². The Kier molecular flexibility index (Phi) is 6.39. The van der Waals surface area contributed by atoms with Crippen LogP contribution >= 0.6 is 11.6 Å². The highest BCUT2D eigenvalue weighted by Crippen LogP contribution is 2.20. The fraction of sp³-hybridized carbons (Fsp3) is 0.294. The second-order valence-corrected chi connectivity index (χ2v) is 8.58. The van der Waals surface area contributed by atoms with E-state index in [2.05, 4.69) is 0 Å². The molecule has 0 bridgehead atoms. The molecule has 0 saturated carbocycles. The maximum atomic E-state index is 12.6. The molecule has 1 aromatic carbocycles. The number of amides is 1. The quantitative estimate of drug-likeness (QED) is 0.361. The molecule has 30 heavy (non-hydrogen) atoms. The number of carbonyl (C=O) groups excluding carboxylic acids is 2. The largest absolute Gasteiger partial charge is 0.450 e. The normalized spacial score (nSPS) is 15.0. The summed E-state index contributed by atoms with van der Waals surface area (Å²) in [4.78, 5) is 35.3. The summed E-state index contributed by atoms with van der Waals surface area (Å²) in [7, 11) is -3.71. The predicted molar refractivity (Wildman–Crippen MR) is 102 cm³/mol. The number of hydrogen-bond acceptors (Lipinski definition) is 8. The number of esters is 1. The van der Waals surface area contributed by atoms with Gasteiger partial charge in [-0.1, -0.05) is 11.6 Å². The van der Waals surface area contributed by atoms with Crippen LogP contribution in [0.15, 0.2) is 45.7 Å². The summed E-state index contributed by atoms with van der Waals surface area (Å²) in [5.41, 5.74) is 0. The van der Waals surface area contributed by atoms with Crippen molar-refractivity contribution < 1.29 is 32.1 Å². The topological polar surface area (TPSA) is 140 Å². The van der Waals surface area contributed by atoms with Crippen LogP contribution in [0.5, 0.6) is 0 Å². The maximum Gasteiger partial charge on any atom is 0.433 e. The van der Waals surface area contributed by atoms with Crippen LogP contribution < -0.4 is 0 Å². The standard InChI is InChI=1S/C17H16ClN3O8S/c18-12-1-3-13(4-2-12)30(26,27)20-9-7-19(8-10-20)15(22)11-28-17(23)14-5-6-16(29-14)21(24)25/h1-6H,7-11H2.